The number of aromatic nitrogens is 4. The van der Waals surface area contributed by atoms with E-state index in [0.29, 0.717) is 23.7 Å². The first kappa shape index (κ1) is 15.9. The number of nitrogens with one attached hydrogen (secondary N) is 1. The summed E-state index contributed by atoms with van der Waals surface area (Å²) in [6.45, 7) is 5.88. The maximum atomic E-state index is 12.4. The number of fused-ring (bicyclic) bond motifs is 2. The van der Waals surface area contributed by atoms with Crippen LogP contribution in [0.25, 0.3) is 0 Å². The van der Waals surface area contributed by atoms with E-state index < -0.39 is 0 Å². The number of carbonyl (C=O) groups excluding carboxylic acids is 1. The SMILES string of the molecule is Cc1cccc(CN2C[C@@H]3Cc4nnc(C(=O)NC5CC5)n4C[C@@H]3C2)n1. The van der Waals surface area contributed by atoms with E-state index >= 15 is 0 Å². The van der Waals surface area contributed by atoms with E-state index in [1.54, 1.807) is 0 Å². The summed E-state index contributed by atoms with van der Waals surface area (Å²) in [5.41, 5.74) is 2.20. The van der Waals surface area contributed by atoms with E-state index in [9.17, 15) is 4.79 Å². The predicted molar refractivity (Wildman–Crippen MR) is 95.4 cm³/mol. The Morgan fingerprint density at radius 3 is 2.85 bits per heavy atom. The van der Waals surface area contributed by atoms with Crippen molar-refractivity contribution in [1.29, 1.82) is 0 Å². The topological polar surface area (TPSA) is 75.9 Å². The van der Waals surface area contributed by atoms with Crippen LogP contribution in [0.1, 0.15) is 40.7 Å². The highest BCUT2D eigenvalue weighted by atomic mass is 16.2. The fourth-order valence-corrected chi connectivity index (χ4v) is 4.31. The van der Waals surface area contributed by atoms with E-state index in [1.165, 1.54) is 0 Å². The molecule has 1 aliphatic carbocycles. The first-order valence-corrected chi connectivity index (χ1v) is 9.53. The second-order valence-corrected chi connectivity index (χ2v) is 7.99. The van der Waals surface area contributed by atoms with Crippen LogP contribution >= 0.6 is 0 Å². The zero-order valence-electron chi connectivity index (χ0n) is 15.1. The van der Waals surface area contributed by atoms with E-state index in [4.69, 9.17) is 0 Å². The summed E-state index contributed by atoms with van der Waals surface area (Å²) >= 11 is 0. The van der Waals surface area contributed by atoms with E-state index in [-0.39, 0.29) is 5.91 Å². The first-order valence-electron chi connectivity index (χ1n) is 9.53. The molecule has 1 N–H and O–H groups in total. The molecule has 1 amide bonds. The molecule has 1 saturated carbocycles. The van der Waals surface area contributed by atoms with E-state index in [0.717, 1.165) is 62.7 Å². The van der Waals surface area contributed by atoms with Crippen molar-refractivity contribution in [1.82, 2.24) is 30.0 Å². The summed E-state index contributed by atoms with van der Waals surface area (Å²) in [5.74, 6) is 2.53. The number of hydrogen-bond donors (Lipinski definition) is 1. The number of pyridine rings is 1. The van der Waals surface area contributed by atoms with Gasteiger partial charge < -0.3 is 9.88 Å². The molecule has 7 nitrogen and oxygen atoms in total. The molecule has 2 aromatic heterocycles. The second-order valence-electron chi connectivity index (χ2n) is 7.99. The van der Waals surface area contributed by atoms with Crippen LogP contribution in [-0.4, -0.2) is 49.7 Å². The van der Waals surface area contributed by atoms with E-state index in [1.807, 2.05) is 17.6 Å². The minimum absolute atomic E-state index is 0.0662. The Morgan fingerprint density at radius 2 is 2.04 bits per heavy atom. The Labute approximate surface area is 152 Å². The molecular formula is C19H24N6O. The molecule has 5 rings (SSSR count). The monoisotopic (exact) mass is 352 g/mol. The molecule has 1 saturated heterocycles. The van der Waals surface area contributed by atoms with Crippen LogP contribution in [0, 0.1) is 18.8 Å². The Hall–Kier alpha value is -2.28. The van der Waals surface area contributed by atoms with Crippen LogP contribution in [0.5, 0.6) is 0 Å². The van der Waals surface area contributed by atoms with E-state index in [2.05, 4.69) is 37.5 Å². The highest BCUT2D eigenvalue weighted by molar-refractivity contribution is 5.91. The third-order valence-corrected chi connectivity index (χ3v) is 5.79. The first-order chi connectivity index (χ1) is 12.7. The standard InChI is InChI=1S/C19H24N6O/c1-12-3-2-4-16(20-12)11-24-8-13-7-17-22-23-18(19(26)21-15-5-6-15)25(17)10-14(13)9-24/h2-4,13-15H,5-11H2,1H3,(H,21,26)/t13-,14-/m0/s1. The molecular weight excluding hydrogens is 328 g/mol. The maximum absolute atomic E-state index is 12.4. The average molecular weight is 352 g/mol. The summed E-state index contributed by atoms with van der Waals surface area (Å²) < 4.78 is 2.05. The van der Waals surface area contributed by atoms with Crippen LogP contribution in [0.2, 0.25) is 0 Å². The molecule has 2 aliphatic heterocycles. The molecule has 0 spiro atoms. The Morgan fingerprint density at radius 1 is 1.19 bits per heavy atom. The third kappa shape index (κ3) is 3.00. The molecule has 3 aliphatic rings. The lowest BCUT2D eigenvalue weighted by molar-refractivity contribution is 0.0932. The number of amides is 1. The van der Waals surface area contributed by atoms with Gasteiger partial charge in [0.05, 0.1) is 5.69 Å². The molecule has 2 aromatic rings. The van der Waals surface area contributed by atoms with Gasteiger partial charge in [-0.05, 0) is 43.7 Å². The van der Waals surface area contributed by atoms with Gasteiger partial charge in [-0.25, -0.2) is 0 Å². The molecule has 0 aromatic carbocycles. The summed E-state index contributed by atoms with van der Waals surface area (Å²) in [7, 11) is 0. The molecule has 2 atom stereocenters. The predicted octanol–water partition coefficient (Wildman–Crippen LogP) is 1.18. The van der Waals surface area contributed by atoms with Crippen molar-refractivity contribution in [2.75, 3.05) is 13.1 Å². The number of carbonyl (C=O) groups is 1. The zero-order valence-corrected chi connectivity index (χ0v) is 15.1. The van der Waals surface area contributed by atoms with Gasteiger partial charge in [0.25, 0.3) is 5.91 Å². The van der Waals surface area contributed by atoms with Gasteiger partial charge >= 0.3 is 0 Å². The smallest absolute Gasteiger partial charge is 0.289 e. The summed E-state index contributed by atoms with van der Waals surface area (Å²) in [6, 6.07) is 6.56. The van der Waals surface area contributed by atoms with Crippen molar-refractivity contribution >= 4 is 5.91 Å². The van der Waals surface area contributed by atoms with Gasteiger partial charge in [-0.3, -0.25) is 14.7 Å². The molecule has 0 radical (unpaired) electrons. The van der Waals surface area contributed by atoms with Crippen molar-refractivity contribution in [2.45, 2.75) is 45.3 Å². The van der Waals surface area contributed by atoms with Crippen LogP contribution in [0.15, 0.2) is 18.2 Å². The third-order valence-electron chi connectivity index (χ3n) is 5.79. The Bertz CT molecular complexity index is 842. The van der Waals surface area contributed by atoms with Gasteiger partial charge in [-0.15, -0.1) is 10.2 Å². The number of aryl methyl sites for hydroxylation is 1. The van der Waals surface area contributed by atoms with Crippen LogP contribution in [0.3, 0.4) is 0 Å². The van der Waals surface area contributed by atoms with Crippen molar-refractivity contribution in [3.63, 3.8) is 0 Å². The van der Waals surface area contributed by atoms with Gasteiger partial charge in [-0.2, -0.15) is 0 Å². The molecule has 0 unspecified atom stereocenters. The van der Waals surface area contributed by atoms with Crippen molar-refractivity contribution in [2.24, 2.45) is 11.8 Å². The largest absolute Gasteiger partial charge is 0.347 e. The minimum atomic E-state index is -0.0662. The van der Waals surface area contributed by atoms with Gasteiger partial charge in [0.1, 0.15) is 5.82 Å². The Kier molecular flexibility index (Phi) is 3.77. The Balaban J connectivity index is 1.28. The highest BCUT2D eigenvalue weighted by Crippen LogP contribution is 2.33. The molecule has 4 heterocycles. The fourth-order valence-electron chi connectivity index (χ4n) is 4.31. The van der Waals surface area contributed by atoms with Gasteiger partial charge in [0.2, 0.25) is 5.82 Å². The van der Waals surface area contributed by atoms with Crippen molar-refractivity contribution in [3.8, 4) is 0 Å². The minimum Gasteiger partial charge on any atom is -0.347 e. The van der Waals surface area contributed by atoms with Gasteiger partial charge in [-0.1, -0.05) is 6.07 Å². The van der Waals surface area contributed by atoms with Crippen LogP contribution in [-0.2, 0) is 19.5 Å². The lowest BCUT2D eigenvalue weighted by atomic mass is 9.89. The highest BCUT2D eigenvalue weighted by Gasteiger charge is 2.39. The zero-order chi connectivity index (χ0) is 17.7. The normalized spacial score (nSPS) is 25.0. The van der Waals surface area contributed by atoms with Gasteiger partial charge in [0, 0.05) is 44.3 Å². The molecule has 7 heteroatoms. The van der Waals surface area contributed by atoms with Crippen molar-refractivity contribution in [3.05, 3.63) is 41.2 Å². The lowest BCUT2D eigenvalue weighted by Gasteiger charge is -2.25. The molecule has 26 heavy (non-hydrogen) atoms. The number of hydrogen-bond acceptors (Lipinski definition) is 5. The quantitative estimate of drug-likeness (QED) is 0.894. The molecule has 0 bridgehead atoms. The molecule has 136 valence electrons. The van der Waals surface area contributed by atoms with Gasteiger partial charge in [0.15, 0.2) is 0 Å². The van der Waals surface area contributed by atoms with Crippen molar-refractivity contribution < 1.29 is 4.79 Å². The molecule has 2 fully saturated rings. The summed E-state index contributed by atoms with van der Waals surface area (Å²) in [5, 5.41) is 11.5. The average Bonchev–Trinajstić information content (AvgIpc) is 3.19. The van der Waals surface area contributed by atoms with Crippen LogP contribution < -0.4 is 5.32 Å². The maximum Gasteiger partial charge on any atom is 0.289 e. The number of nitrogens with zero attached hydrogens (tertiary/aromatic N) is 5. The second kappa shape index (κ2) is 6.16. The number of rotatable bonds is 4. The lowest BCUT2D eigenvalue weighted by Crippen LogP contribution is -2.33. The summed E-state index contributed by atoms with van der Waals surface area (Å²) in [6.07, 6.45) is 3.07. The fraction of sp³-hybridized carbons (Fsp3) is 0.579. The summed E-state index contributed by atoms with van der Waals surface area (Å²) in [4.78, 5) is 19.5. The number of likely N-dealkylation sites (tertiary alicyclic amines) is 1. The van der Waals surface area contributed by atoms with Crippen LogP contribution in [0.4, 0.5) is 0 Å².